The lowest BCUT2D eigenvalue weighted by molar-refractivity contribution is -0.124. The molecule has 0 saturated heterocycles. The van der Waals surface area contributed by atoms with Crippen LogP contribution in [0.5, 0.6) is 0 Å². The number of nitrogens with one attached hydrogen (secondary N) is 2. The molecule has 1 aliphatic heterocycles. The minimum absolute atomic E-state index is 0.118. The number of benzene rings is 2. The molecule has 1 aliphatic carbocycles. The first kappa shape index (κ1) is 18.2. The monoisotopic (exact) mass is 385 g/mol. The van der Waals surface area contributed by atoms with Crippen molar-refractivity contribution < 1.29 is 4.79 Å². The van der Waals surface area contributed by atoms with Gasteiger partial charge in [-0.05, 0) is 41.2 Å². The van der Waals surface area contributed by atoms with Crippen LogP contribution in [0.1, 0.15) is 30.0 Å². The van der Waals surface area contributed by atoms with Gasteiger partial charge in [-0.15, -0.1) is 0 Å². The summed E-state index contributed by atoms with van der Waals surface area (Å²) in [7, 11) is 0. The van der Waals surface area contributed by atoms with Crippen molar-refractivity contribution >= 4 is 22.4 Å². The number of H-pyrrole nitrogens is 1. The maximum Gasteiger partial charge on any atom is 0.228 e. The fourth-order valence-electron chi connectivity index (χ4n) is 4.86. The molecule has 2 atom stereocenters. The smallest absolute Gasteiger partial charge is 0.228 e. The zero-order chi connectivity index (χ0) is 19.8. The molecule has 4 nitrogen and oxygen atoms in total. The summed E-state index contributed by atoms with van der Waals surface area (Å²) < 4.78 is 0. The van der Waals surface area contributed by atoms with Crippen LogP contribution in [-0.2, 0) is 17.8 Å². The Hall–Kier alpha value is -2.85. The fourth-order valence-corrected chi connectivity index (χ4v) is 4.86. The lowest BCUT2D eigenvalue weighted by Crippen LogP contribution is -2.48. The third-order valence-electron chi connectivity index (χ3n) is 6.24. The van der Waals surface area contributed by atoms with E-state index >= 15 is 0 Å². The molecule has 2 aliphatic rings. The van der Waals surface area contributed by atoms with Crippen LogP contribution in [0.4, 0.5) is 0 Å². The van der Waals surface area contributed by atoms with Crippen LogP contribution in [0, 0.1) is 5.92 Å². The Morgan fingerprint density at radius 1 is 1.17 bits per heavy atom. The third-order valence-corrected chi connectivity index (χ3v) is 6.24. The average Bonchev–Trinajstić information content (AvgIpc) is 3.17. The number of amides is 1. The van der Waals surface area contributed by atoms with Gasteiger partial charge in [0.1, 0.15) is 0 Å². The highest BCUT2D eigenvalue weighted by atomic mass is 16.1. The molecule has 0 fully saturated rings. The number of nitrogens with zero attached hydrogens (tertiary/aromatic N) is 1. The molecule has 2 unspecified atom stereocenters. The SMILES string of the molecule is CCCNC(=O)C1C=C2c3cccc4[nH]cc(c34)CC2N(Cc2ccccc2)C1. The van der Waals surface area contributed by atoms with E-state index in [9.17, 15) is 4.79 Å². The number of hydrogen-bond donors (Lipinski definition) is 2. The van der Waals surface area contributed by atoms with E-state index in [4.69, 9.17) is 0 Å². The van der Waals surface area contributed by atoms with Crippen molar-refractivity contribution in [1.29, 1.82) is 0 Å². The molecule has 3 aromatic rings. The van der Waals surface area contributed by atoms with Crippen molar-refractivity contribution in [2.45, 2.75) is 32.4 Å². The first-order valence-electron chi connectivity index (χ1n) is 10.6. The Morgan fingerprint density at radius 2 is 2.03 bits per heavy atom. The van der Waals surface area contributed by atoms with Crippen molar-refractivity contribution in [1.82, 2.24) is 15.2 Å². The standard InChI is InChI=1S/C25H27N3O/c1-2-11-26-25(29)19-12-21-20-9-6-10-22-24(20)18(14-27-22)13-23(21)28(16-19)15-17-7-4-3-5-8-17/h3-10,12,14,19,23,27H,2,11,13,15-16H2,1H3,(H,26,29). The van der Waals surface area contributed by atoms with Crippen LogP contribution < -0.4 is 5.32 Å². The topological polar surface area (TPSA) is 48.1 Å². The Kier molecular flexibility index (Phi) is 4.72. The summed E-state index contributed by atoms with van der Waals surface area (Å²) in [6.07, 6.45) is 6.34. The molecule has 29 heavy (non-hydrogen) atoms. The van der Waals surface area contributed by atoms with E-state index < -0.39 is 0 Å². The van der Waals surface area contributed by atoms with Gasteiger partial charge in [-0.1, -0.05) is 55.5 Å². The summed E-state index contributed by atoms with van der Waals surface area (Å²) in [6, 6.07) is 17.4. The van der Waals surface area contributed by atoms with Crippen molar-refractivity contribution in [3.8, 4) is 0 Å². The van der Waals surface area contributed by atoms with Crippen molar-refractivity contribution in [3.05, 3.63) is 77.5 Å². The van der Waals surface area contributed by atoms with Crippen LogP contribution >= 0.6 is 0 Å². The van der Waals surface area contributed by atoms with E-state index in [-0.39, 0.29) is 11.8 Å². The van der Waals surface area contributed by atoms with E-state index in [1.165, 1.54) is 33.2 Å². The predicted molar refractivity (Wildman–Crippen MR) is 117 cm³/mol. The molecule has 4 heteroatoms. The van der Waals surface area contributed by atoms with Gasteiger partial charge in [0, 0.05) is 42.8 Å². The van der Waals surface area contributed by atoms with Gasteiger partial charge in [0.25, 0.3) is 0 Å². The van der Waals surface area contributed by atoms with Crippen molar-refractivity contribution in [2.24, 2.45) is 5.92 Å². The number of carbonyl (C=O) groups is 1. The molecule has 1 aromatic heterocycles. The van der Waals surface area contributed by atoms with Crippen molar-refractivity contribution in [2.75, 3.05) is 13.1 Å². The number of rotatable bonds is 5. The molecule has 0 saturated carbocycles. The molecule has 2 N–H and O–H groups in total. The maximum atomic E-state index is 12.9. The first-order valence-corrected chi connectivity index (χ1v) is 10.6. The second-order valence-corrected chi connectivity index (χ2v) is 8.20. The molecule has 2 heterocycles. The Balaban J connectivity index is 1.55. The fraction of sp³-hybridized carbons (Fsp3) is 0.320. The maximum absolute atomic E-state index is 12.9. The lowest BCUT2D eigenvalue weighted by Gasteiger charge is -2.41. The van der Waals surface area contributed by atoms with E-state index in [1.807, 2.05) is 0 Å². The first-order chi connectivity index (χ1) is 14.2. The van der Waals surface area contributed by atoms with Gasteiger partial charge in [-0.3, -0.25) is 9.69 Å². The minimum Gasteiger partial charge on any atom is -0.361 e. The van der Waals surface area contributed by atoms with E-state index in [1.54, 1.807) is 0 Å². The van der Waals surface area contributed by atoms with Gasteiger partial charge in [0.2, 0.25) is 5.91 Å². The number of fused-ring (bicyclic) bond motifs is 2. The summed E-state index contributed by atoms with van der Waals surface area (Å²) in [6.45, 7) is 4.44. The van der Waals surface area contributed by atoms with Crippen molar-refractivity contribution in [3.63, 3.8) is 0 Å². The number of aromatic amines is 1. The van der Waals surface area contributed by atoms with E-state index in [2.05, 4.69) is 82.9 Å². The Labute approximate surface area is 171 Å². The predicted octanol–water partition coefficient (Wildman–Crippen LogP) is 4.13. The Morgan fingerprint density at radius 3 is 2.86 bits per heavy atom. The van der Waals surface area contributed by atoms with Crippen LogP contribution in [0.3, 0.4) is 0 Å². The van der Waals surface area contributed by atoms with Gasteiger partial charge in [0.05, 0.1) is 5.92 Å². The van der Waals surface area contributed by atoms with Crippen LogP contribution in [0.15, 0.2) is 60.8 Å². The van der Waals surface area contributed by atoms with Crippen LogP contribution in [0.2, 0.25) is 0 Å². The molecule has 0 radical (unpaired) electrons. The molecule has 0 bridgehead atoms. The second kappa shape index (κ2) is 7.53. The summed E-state index contributed by atoms with van der Waals surface area (Å²) in [4.78, 5) is 18.8. The molecular weight excluding hydrogens is 358 g/mol. The summed E-state index contributed by atoms with van der Waals surface area (Å²) in [5, 5.41) is 4.43. The molecular formula is C25H27N3O. The highest BCUT2D eigenvalue weighted by Gasteiger charge is 2.37. The largest absolute Gasteiger partial charge is 0.361 e. The number of hydrogen-bond acceptors (Lipinski definition) is 2. The number of carbonyl (C=O) groups excluding carboxylic acids is 1. The lowest BCUT2D eigenvalue weighted by atomic mass is 9.79. The average molecular weight is 386 g/mol. The normalized spacial score (nSPS) is 20.9. The highest BCUT2D eigenvalue weighted by Crippen LogP contribution is 2.41. The van der Waals surface area contributed by atoms with E-state index in [0.29, 0.717) is 6.04 Å². The zero-order valence-corrected chi connectivity index (χ0v) is 16.8. The van der Waals surface area contributed by atoms with Gasteiger partial charge in [0.15, 0.2) is 0 Å². The molecule has 148 valence electrons. The molecule has 2 aromatic carbocycles. The minimum atomic E-state index is -0.118. The highest BCUT2D eigenvalue weighted by molar-refractivity contribution is 5.99. The third kappa shape index (κ3) is 3.28. The Bertz CT molecular complexity index is 1070. The molecule has 0 spiro atoms. The summed E-state index contributed by atoms with van der Waals surface area (Å²) in [5.41, 5.74) is 6.44. The van der Waals surface area contributed by atoms with Gasteiger partial charge < -0.3 is 10.3 Å². The van der Waals surface area contributed by atoms with E-state index in [0.717, 1.165) is 32.5 Å². The summed E-state index contributed by atoms with van der Waals surface area (Å²) in [5.74, 6) is 0.0233. The quantitative estimate of drug-likeness (QED) is 0.694. The second-order valence-electron chi connectivity index (χ2n) is 8.20. The number of aromatic nitrogens is 1. The van der Waals surface area contributed by atoms with Crippen LogP contribution in [-0.4, -0.2) is 34.9 Å². The zero-order valence-electron chi connectivity index (χ0n) is 16.8. The van der Waals surface area contributed by atoms with Gasteiger partial charge in [-0.25, -0.2) is 0 Å². The summed E-state index contributed by atoms with van der Waals surface area (Å²) >= 11 is 0. The van der Waals surface area contributed by atoms with Crippen LogP contribution in [0.25, 0.3) is 16.5 Å². The molecule has 1 amide bonds. The van der Waals surface area contributed by atoms with Gasteiger partial charge in [-0.2, -0.15) is 0 Å². The van der Waals surface area contributed by atoms with Gasteiger partial charge >= 0.3 is 0 Å². The molecule has 5 rings (SSSR count).